The largest absolute Gasteiger partial charge is 0.444 e. The SMILES string of the molecule is CCCCCCCCCNC(=O)C(CO)NC(=O)OC(C)(C)C. The fourth-order valence-corrected chi connectivity index (χ4v) is 2.06. The van der Waals surface area contributed by atoms with Crippen molar-refractivity contribution in [2.45, 2.75) is 84.3 Å². The number of ether oxygens (including phenoxy) is 1. The molecule has 136 valence electrons. The van der Waals surface area contributed by atoms with Gasteiger partial charge in [0.2, 0.25) is 5.91 Å². The van der Waals surface area contributed by atoms with Gasteiger partial charge in [-0.25, -0.2) is 4.79 Å². The summed E-state index contributed by atoms with van der Waals surface area (Å²) >= 11 is 0. The van der Waals surface area contributed by atoms with E-state index in [2.05, 4.69) is 17.6 Å². The third kappa shape index (κ3) is 12.9. The molecule has 0 aliphatic rings. The monoisotopic (exact) mass is 330 g/mol. The van der Waals surface area contributed by atoms with Gasteiger partial charge in [0.05, 0.1) is 6.61 Å². The van der Waals surface area contributed by atoms with E-state index in [-0.39, 0.29) is 5.91 Å². The number of aliphatic hydroxyl groups is 1. The van der Waals surface area contributed by atoms with Gasteiger partial charge in [-0.05, 0) is 27.2 Å². The summed E-state index contributed by atoms with van der Waals surface area (Å²) in [7, 11) is 0. The first-order valence-electron chi connectivity index (χ1n) is 8.68. The van der Waals surface area contributed by atoms with Gasteiger partial charge in [0.25, 0.3) is 0 Å². The molecule has 0 aliphatic heterocycles. The number of nitrogens with one attached hydrogen (secondary N) is 2. The Bertz CT molecular complexity index is 340. The molecule has 6 heteroatoms. The zero-order valence-electron chi connectivity index (χ0n) is 15.1. The van der Waals surface area contributed by atoms with Gasteiger partial charge >= 0.3 is 6.09 Å². The van der Waals surface area contributed by atoms with Crippen LogP contribution in [0.3, 0.4) is 0 Å². The smallest absolute Gasteiger partial charge is 0.408 e. The summed E-state index contributed by atoms with van der Waals surface area (Å²) in [5.74, 6) is -0.385. The van der Waals surface area contributed by atoms with Crippen LogP contribution in [-0.4, -0.2) is 41.9 Å². The molecule has 23 heavy (non-hydrogen) atoms. The lowest BCUT2D eigenvalue weighted by molar-refractivity contribution is -0.124. The van der Waals surface area contributed by atoms with Crippen LogP contribution in [0.5, 0.6) is 0 Å². The van der Waals surface area contributed by atoms with Crippen LogP contribution in [0.2, 0.25) is 0 Å². The van der Waals surface area contributed by atoms with Crippen molar-refractivity contribution in [3.05, 3.63) is 0 Å². The number of amides is 2. The second-order valence-corrected chi connectivity index (χ2v) is 6.79. The van der Waals surface area contributed by atoms with Crippen molar-refractivity contribution in [3.8, 4) is 0 Å². The molecule has 0 fully saturated rings. The number of unbranched alkanes of at least 4 members (excludes halogenated alkanes) is 6. The van der Waals surface area contributed by atoms with Crippen LogP contribution in [0.4, 0.5) is 4.79 Å². The molecule has 3 N–H and O–H groups in total. The highest BCUT2D eigenvalue weighted by Gasteiger charge is 2.23. The zero-order chi connectivity index (χ0) is 17.7. The fraction of sp³-hybridized carbons (Fsp3) is 0.882. The Morgan fingerprint density at radius 3 is 2.13 bits per heavy atom. The molecule has 0 radical (unpaired) electrons. The first kappa shape index (κ1) is 21.7. The minimum Gasteiger partial charge on any atom is -0.444 e. The molecule has 0 saturated heterocycles. The van der Waals surface area contributed by atoms with E-state index in [4.69, 9.17) is 4.74 Å². The predicted octanol–water partition coefficient (Wildman–Crippen LogP) is 2.74. The molecular weight excluding hydrogens is 296 g/mol. The maximum absolute atomic E-state index is 11.9. The molecule has 0 bridgehead atoms. The van der Waals surface area contributed by atoms with E-state index in [1.165, 1.54) is 32.1 Å². The maximum Gasteiger partial charge on any atom is 0.408 e. The second kappa shape index (κ2) is 12.2. The summed E-state index contributed by atoms with van der Waals surface area (Å²) in [6, 6.07) is -0.977. The Morgan fingerprint density at radius 2 is 1.61 bits per heavy atom. The van der Waals surface area contributed by atoms with E-state index < -0.39 is 24.3 Å². The standard InChI is InChI=1S/C17H34N2O4/c1-5-6-7-8-9-10-11-12-18-15(21)14(13-20)19-16(22)23-17(2,3)4/h14,20H,5-13H2,1-4H3,(H,18,21)(H,19,22). The topological polar surface area (TPSA) is 87.7 Å². The van der Waals surface area contributed by atoms with Gasteiger partial charge < -0.3 is 20.5 Å². The van der Waals surface area contributed by atoms with Gasteiger partial charge in [-0.3, -0.25) is 4.79 Å². The molecule has 2 amide bonds. The molecule has 0 rings (SSSR count). The van der Waals surface area contributed by atoms with Gasteiger partial charge in [-0.1, -0.05) is 45.4 Å². The molecule has 0 aromatic carbocycles. The molecule has 1 atom stereocenters. The molecule has 0 heterocycles. The number of hydrogen-bond acceptors (Lipinski definition) is 4. The number of carbonyl (C=O) groups excluding carboxylic acids is 2. The van der Waals surface area contributed by atoms with Crippen LogP contribution in [0.15, 0.2) is 0 Å². The van der Waals surface area contributed by atoms with Crippen molar-refractivity contribution in [2.24, 2.45) is 0 Å². The van der Waals surface area contributed by atoms with E-state index in [1.54, 1.807) is 20.8 Å². The lowest BCUT2D eigenvalue weighted by Crippen LogP contribution is -2.50. The van der Waals surface area contributed by atoms with Gasteiger partial charge in [0.1, 0.15) is 11.6 Å². The number of alkyl carbamates (subject to hydrolysis) is 1. The first-order chi connectivity index (χ1) is 10.8. The summed E-state index contributed by atoms with van der Waals surface area (Å²) in [4.78, 5) is 23.5. The third-order valence-electron chi connectivity index (χ3n) is 3.27. The van der Waals surface area contributed by atoms with Crippen molar-refractivity contribution in [1.29, 1.82) is 0 Å². The summed E-state index contributed by atoms with van der Waals surface area (Å²) in [6.07, 6.45) is 7.48. The number of aliphatic hydroxyl groups excluding tert-OH is 1. The number of rotatable bonds is 11. The molecule has 0 aromatic rings. The number of carbonyl (C=O) groups is 2. The Balaban J connectivity index is 3.87. The number of hydrogen-bond donors (Lipinski definition) is 3. The second-order valence-electron chi connectivity index (χ2n) is 6.79. The highest BCUT2D eigenvalue weighted by Crippen LogP contribution is 2.07. The minimum atomic E-state index is -0.977. The van der Waals surface area contributed by atoms with Gasteiger partial charge in [-0.15, -0.1) is 0 Å². The van der Waals surface area contributed by atoms with Crippen LogP contribution in [0, 0.1) is 0 Å². The Labute approximate surface area is 140 Å². The van der Waals surface area contributed by atoms with Crippen LogP contribution in [-0.2, 0) is 9.53 Å². The van der Waals surface area contributed by atoms with Crippen molar-refractivity contribution in [2.75, 3.05) is 13.2 Å². The van der Waals surface area contributed by atoms with E-state index >= 15 is 0 Å². The normalized spacial score (nSPS) is 12.6. The van der Waals surface area contributed by atoms with Crippen molar-refractivity contribution >= 4 is 12.0 Å². The average molecular weight is 330 g/mol. The van der Waals surface area contributed by atoms with E-state index in [0.717, 1.165) is 12.8 Å². The van der Waals surface area contributed by atoms with Crippen LogP contribution >= 0.6 is 0 Å². The van der Waals surface area contributed by atoms with E-state index in [0.29, 0.717) is 6.54 Å². The van der Waals surface area contributed by atoms with Gasteiger partial charge in [-0.2, -0.15) is 0 Å². The summed E-state index contributed by atoms with van der Waals surface area (Å²) < 4.78 is 5.07. The minimum absolute atomic E-state index is 0.385. The average Bonchev–Trinajstić information content (AvgIpc) is 2.45. The molecule has 6 nitrogen and oxygen atoms in total. The molecule has 0 saturated carbocycles. The maximum atomic E-state index is 11.9. The predicted molar refractivity (Wildman–Crippen MR) is 91.2 cm³/mol. The zero-order valence-corrected chi connectivity index (χ0v) is 15.1. The van der Waals surface area contributed by atoms with Gasteiger partial charge in [0.15, 0.2) is 0 Å². The molecule has 1 unspecified atom stereocenters. The van der Waals surface area contributed by atoms with Crippen molar-refractivity contribution in [1.82, 2.24) is 10.6 Å². The van der Waals surface area contributed by atoms with E-state index in [9.17, 15) is 14.7 Å². The van der Waals surface area contributed by atoms with Crippen LogP contribution < -0.4 is 10.6 Å². The van der Waals surface area contributed by atoms with E-state index in [1.807, 2.05) is 0 Å². The molecule has 0 spiro atoms. The van der Waals surface area contributed by atoms with Crippen LogP contribution in [0.1, 0.15) is 72.6 Å². The fourth-order valence-electron chi connectivity index (χ4n) is 2.06. The summed E-state index contributed by atoms with van der Waals surface area (Å²) in [5, 5.41) is 14.3. The van der Waals surface area contributed by atoms with Gasteiger partial charge in [0, 0.05) is 6.54 Å². The van der Waals surface area contributed by atoms with Crippen LogP contribution in [0.25, 0.3) is 0 Å². The Kier molecular flexibility index (Phi) is 11.5. The summed E-state index contributed by atoms with van der Waals surface area (Å²) in [5.41, 5.74) is -0.641. The highest BCUT2D eigenvalue weighted by molar-refractivity contribution is 5.85. The lowest BCUT2D eigenvalue weighted by Gasteiger charge is -2.22. The highest BCUT2D eigenvalue weighted by atomic mass is 16.6. The van der Waals surface area contributed by atoms with Crippen molar-refractivity contribution < 1.29 is 19.4 Å². The lowest BCUT2D eigenvalue weighted by atomic mass is 10.1. The Hall–Kier alpha value is -1.30. The first-order valence-corrected chi connectivity index (χ1v) is 8.68. The molecular formula is C17H34N2O4. The Morgan fingerprint density at radius 1 is 1.04 bits per heavy atom. The van der Waals surface area contributed by atoms with Crippen molar-refractivity contribution in [3.63, 3.8) is 0 Å². The summed E-state index contributed by atoms with van der Waals surface area (Å²) in [6.45, 7) is 7.50. The molecule has 0 aromatic heterocycles. The quantitative estimate of drug-likeness (QED) is 0.508. The third-order valence-corrected chi connectivity index (χ3v) is 3.27. The molecule has 0 aliphatic carbocycles.